The number of nitrogens with zero attached hydrogens (tertiary/aromatic N) is 1. The first-order chi connectivity index (χ1) is 10.7. The molecule has 0 aromatic heterocycles. The van der Waals surface area contributed by atoms with Crippen molar-refractivity contribution in [2.45, 2.75) is 84.5 Å². The van der Waals surface area contributed by atoms with Gasteiger partial charge in [0.25, 0.3) is 0 Å². The van der Waals surface area contributed by atoms with Gasteiger partial charge in [-0.25, -0.2) is 0 Å². The number of carbonyl (C=O) groups is 1. The molecule has 1 rings (SSSR count). The molecule has 0 radical (unpaired) electrons. The Morgan fingerprint density at radius 1 is 0.955 bits per heavy atom. The van der Waals surface area contributed by atoms with Crippen molar-refractivity contribution in [3.8, 4) is 0 Å². The van der Waals surface area contributed by atoms with Gasteiger partial charge in [0.2, 0.25) is 5.91 Å². The highest BCUT2D eigenvalue weighted by Gasteiger charge is 2.06. The molecule has 0 aliphatic carbocycles. The molecule has 0 unspecified atom stereocenters. The zero-order chi connectivity index (χ0) is 16.0. The van der Waals surface area contributed by atoms with Crippen molar-refractivity contribution in [2.24, 2.45) is 11.1 Å². The molecule has 4 nitrogen and oxygen atoms in total. The topological polar surface area (TPSA) is 50.7 Å². The fourth-order valence-corrected chi connectivity index (χ4v) is 2.60. The average Bonchev–Trinajstić information content (AvgIpc) is 2.48. The Balaban J connectivity index is 2.42. The summed E-state index contributed by atoms with van der Waals surface area (Å²) >= 11 is 0. The maximum Gasteiger partial charge on any atom is 0.220 e. The van der Waals surface area contributed by atoms with Gasteiger partial charge >= 0.3 is 0 Å². The third-order valence-corrected chi connectivity index (χ3v) is 3.96. The third-order valence-electron chi connectivity index (χ3n) is 3.96. The van der Waals surface area contributed by atoms with Crippen LogP contribution in [0.3, 0.4) is 0 Å². The van der Waals surface area contributed by atoms with Crippen LogP contribution in [0.1, 0.15) is 84.5 Å². The molecule has 0 spiro atoms. The Bertz CT molecular complexity index is 327. The van der Waals surface area contributed by atoms with E-state index >= 15 is 0 Å². The largest absolute Gasteiger partial charge is 0.396 e. The van der Waals surface area contributed by atoms with Crippen molar-refractivity contribution in [1.82, 2.24) is 5.32 Å². The summed E-state index contributed by atoms with van der Waals surface area (Å²) in [5.74, 6) is 0.670. The fourth-order valence-electron chi connectivity index (χ4n) is 2.60. The maximum atomic E-state index is 11.7. The monoisotopic (exact) mass is 310 g/mol. The van der Waals surface area contributed by atoms with Crippen LogP contribution in [0.5, 0.6) is 0 Å². The van der Waals surface area contributed by atoms with Crippen LogP contribution in [0.4, 0.5) is 0 Å². The lowest BCUT2D eigenvalue weighted by molar-refractivity contribution is -0.121. The van der Waals surface area contributed by atoms with Crippen LogP contribution in [-0.2, 0) is 9.63 Å². The smallest absolute Gasteiger partial charge is 0.220 e. The summed E-state index contributed by atoms with van der Waals surface area (Å²) in [6.45, 7) is 5.59. The van der Waals surface area contributed by atoms with Crippen LogP contribution in [0.15, 0.2) is 5.16 Å². The lowest BCUT2D eigenvalue weighted by Crippen LogP contribution is -2.25. The minimum absolute atomic E-state index is 0.178. The van der Waals surface area contributed by atoms with E-state index in [1.165, 1.54) is 44.9 Å². The molecule has 128 valence electrons. The Morgan fingerprint density at radius 2 is 1.55 bits per heavy atom. The number of oxime groups is 1. The van der Waals surface area contributed by atoms with E-state index in [0.717, 1.165) is 25.0 Å². The van der Waals surface area contributed by atoms with E-state index in [2.05, 4.69) is 24.3 Å². The lowest BCUT2D eigenvalue weighted by Gasteiger charge is -2.09. The molecular weight excluding hydrogens is 276 g/mol. The number of carbonyl (C=O) groups excluding carboxylic acids is 1. The Hall–Kier alpha value is -1.06. The second-order valence-electron chi connectivity index (χ2n) is 6.78. The van der Waals surface area contributed by atoms with Crippen LogP contribution in [-0.4, -0.2) is 24.8 Å². The highest BCUT2D eigenvalue weighted by molar-refractivity contribution is 5.84. The molecule has 1 aliphatic heterocycles. The average molecular weight is 310 g/mol. The summed E-state index contributed by atoms with van der Waals surface area (Å²) in [6, 6.07) is 0. The summed E-state index contributed by atoms with van der Waals surface area (Å²) in [7, 11) is 0. The van der Waals surface area contributed by atoms with Gasteiger partial charge in [-0.15, -0.1) is 0 Å². The molecule has 1 heterocycles. The third kappa shape index (κ3) is 10.6. The van der Waals surface area contributed by atoms with Gasteiger partial charge < -0.3 is 10.2 Å². The highest BCUT2D eigenvalue weighted by atomic mass is 16.6. The van der Waals surface area contributed by atoms with E-state index in [0.29, 0.717) is 25.5 Å². The van der Waals surface area contributed by atoms with E-state index in [9.17, 15) is 4.79 Å². The molecule has 1 aliphatic rings. The zero-order valence-electron chi connectivity index (χ0n) is 14.5. The summed E-state index contributed by atoms with van der Waals surface area (Å²) in [4.78, 5) is 17.2. The molecule has 1 fully saturated rings. The van der Waals surface area contributed by atoms with Crippen LogP contribution in [0, 0.1) is 5.92 Å². The number of hydrogen-bond acceptors (Lipinski definition) is 3. The predicted octanol–water partition coefficient (Wildman–Crippen LogP) is 4.44. The summed E-state index contributed by atoms with van der Waals surface area (Å²) in [5.41, 5.74) is 1.09. The van der Waals surface area contributed by atoms with Crippen molar-refractivity contribution >= 4 is 11.6 Å². The van der Waals surface area contributed by atoms with E-state index < -0.39 is 0 Å². The van der Waals surface area contributed by atoms with Gasteiger partial charge in [-0.3, -0.25) is 4.79 Å². The standard InChI is InChI=1S/C18H34N2O2/c1-16(2)15-22-20-17-11-9-7-5-3-4-6-8-10-12-18(21)19-14-13-17/h16H,3-15H2,1-2H3,(H,19,21)/b20-17+. The second-order valence-corrected chi connectivity index (χ2v) is 6.78. The highest BCUT2D eigenvalue weighted by Crippen LogP contribution is 2.12. The minimum atomic E-state index is 0.178. The number of amides is 1. The summed E-state index contributed by atoms with van der Waals surface area (Å²) in [6.07, 6.45) is 12.3. The van der Waals surface area contributed by atoms with Crippen molar-refractivity contribution in [3.63, 3.8) is 0 Å². The van der Waals surface area contributed by atoms with Crippen molar-refractivity contribution < 1.29 is 9.63 Å². The molecule has 0 atom stereocenters. The summed E-state index contributed by atoms with van der Waals surface area (Å²) < 4.78 is 0. The first kappa shape index (κ1) is 19.0. The van der Waals surface area contributed by atoms with Crippen LogP contribution in [0.2, 0.25) is 0 Å². The van der Waals surface area contributed by atoms with Crippen LogP contribution in [0.25, 0.3) is 0 Å². The predicted molar refractivity (Wildman–Crippen MR) is 92.0 cm³/mol. The van der Waals surface area contributed by atoms with Gasteiger partial charge in [0.1, 0.15) is 6.61 Å². The van der Waals surface area contributed by atoms with E-state index in [1.54, 1.807) is 0 Å². The molecule has 0 saturated carbocycles. The minimum Gasteiger partial charge on any atom is -0.396 e. The van der Waals surface area contributed by atoms with Crippen molar-refractivity contribution in [3.05, 3.63) is 0 Å². The van der Waals surface area contributed by atoms with Crippen molar-refractivity contribution in [1.29, 1.82) is 0 Å². The zero-order valence-corrected chi connectivity index (χ0v) is 14.5. The van der Waals surface area contributed by atoms with Gasteiger partial charge in [-0.1, -0.05) is 57.5 Å². The SMILES string of the molecule is CC(C)CO/N=C1\CCCCCCCCCCC(=O)NCC1. The van der Waals surface area contributed by atoms with Gasteiger partial charge in [-0.05, 0) is 25.2 Å². The van der Waals surface area contributed by atoms with E-state index in [-0.39, 0.29) is 5.91 Å². The fraction of sp³-hybridized carbons (Fsp3) is 0.889. The summed E-state index contributed by atoms with van der Waals surface area (Å²) in [5, 5.41) is 7.31. The molecule has 0 aromatic rings. The normalized spacial score (nSPS) is 22.0. The number of nitrogens with one attached hydrogen (secondary N) is 1. The molecule has 0 aromatic carbocycles. The molecule has 1 N–H and O–H groups in total. The van der Waals surface area contributed by atoms with Crippen molar-refractivity contribution in [2.75, 3.05) is 13.2 Å². The maximum absolute atomic E-state index is 11.7. The molecule has 22 heavy (non-hydrogen) atoms. The quantitative estimate of drug-likeness (QED) is 0.784. The number of rotatable bonds is 3. The molecule has 4 heteroatoms. The van der Waals surface area contributed by atoms with E-state index in [4.69, 9.17) is 4.84 Å². The van der Waals surface area contributed by atoms with E-state index in [1.807, 2.05) is 0 Å². The molecular formula is C18H34N2O2. The van der Waals surface area contributed by atoms with Gasteiger partial charge in [0.05, 0.1) is 5.71 Å². The lowest BCUT2D eigenvalue weighted by atomic mass is 10.0. The number of hydrogen-bond donors (Lipinski definition) is 1. The van der Waals surface area contributed by atoms with Crippen LogP contribution >= 0.6 is 0 Å². The molecule has 1 amide bonds. The Morgan fingerprint density at radius 3 is 2.18 bits per heavy atom. The first-order valence-electron chi connectivity index (χ1n) is 9.13. The Kier molecular flexibility index (Phi) is 10.8. The molecule has 0 bridgehead atoms. The first-order valence-corrected chi connectivity index (χ1v) is 9.13. The van der Waals surface area contributed by atoms with Crippen LogP contribution < -0.4 is 5.32 Å². The second kappa shape index (κ2) is 12.5. The van der Waals surface area contributed by atoms with Gasteiger partial charge in [0.15, 0.2) is 0 Å². The molecule has 1 saturated heterocycles. The Labute approximate surface area is 136 Å². The van der Waals surface area contributed by atoms with Gasteiger partial charge in [-0.2, -0.15) is 0 Å². The van der Waals surface area contributed by atoms with Gasteiger partial charge in [0, 0.05) is 19.4 Å².